The Labute approximate surface area is 149 Å². The van der Waals surface area contributed by atoms with Gasteiger partial charge in [-0.2, -0.15) is 5.10 Å². The number of nitrogens with one attached hydrogen (secondary N) is 1. The number of hydrogen-bond donors (Lipinski definition) is 1. The summed E-state index contributed by atoms with van der Waals surface area (Å²) in [5, 5.41) is 7.89. The smallest absolute Gasteiger partial charge is 0.267 e. The number of hydrogen-bond acceptors (Lipinski definition) is 5. The number of carbonyl (C=O) groups is 2. The van der Waals surface area contributed by atoms with Crippen molar-refractivity contribution in [2.75, 3.05) is 7.05 Å². The number of carbonyl (C=O) groups excluding carboxylic acids is 2. The highest BCUT2D eigenvalue weighted by Crippen LogP contribution is 2.20. The molecular weight excluding hydrogens is 339 g/mol. The zero-order valence-corrected chi connectivity index (χ0v) is 14.1. The molecule has 134 valence electrons. The highest BCUT2D eigenvalue weighted by Gasteiger charge is 2.21. The Hall–Kier alpha value is -3.29. The summed E-state index contributed by atoms with van der Waals surface area (Å²) >= 11 is 0. The number of amides is 2. The van der Waals surface area contributed by atoms with Crippen molar-refractivity contribution < 1.29 is 18.7 Å². The third-order valence-corrected chi connectivity index (χ3v) is 3.74. The van der Waals surface area contributed by atoms with E-state index in [1.807, 2.05) is 0 Å². The molecule has 0 saturated carbocycles. The van der Waals surface area contributed by atoms with Gasteiger partial charge < -0.3 is 10.1 Å². The van der Waals surface area contributed by atoms with Crippen molar-refractivity contribution >= 4 is 17.5 Å². The third kappa shape index (κ3) is 4.41. The molecule has 0 saturated heterocycles. The first kappa shape index (κ1) is 17.5. The van der Waals surface area contributed by atoms with E-state index in [1.165, 1.54) is 24.2 Å². The van der Waals surface area contributed by atoms with Gasteiger partial charge in [-0.25, -0.2) is 14.4 Å². The van der Waals surface area contributed by atoms with Gasteiger partial charge in [-0.3, -0.25) is 9.59 Å². The molecule has 0 bridgehead atoms. The van der Waals surface area contributed by atoms with E-state index in [1.54, 1.807) is 30.5 Å². The molecule has 2 amide bonds. The molecule has 1 aromatic carbocycles. The molecule has 1 aromatic heterocycles. The number of ether oxygens (including phenoxy) is 1. The van der Waals surface area contributed by atoms with Crippen LogP contribution in [0.5, 0.6) is 11.6 Å². The zero-order chi connectivity index (χ0) is 18.5. The normalized spacial score (nSPS) is 14.0. The minimum Gasteiger partial charge on any atom is -0.439 e. The number of benzene rings is 1. The quantitative estimate of drug-likeness (QED) is 0.890. The summed E-state index contributed by atoms with van der Waals surface area (Å²) < 4.78 is 18.6. The van der Waals surface area contributed by atoms with Crippen LogP contribution in [0.4, 0.5) is 4.39 Å². The van der Waals surface area contributed by atoms with E-state index in [4.69, 9.17) is 4.74 Å². The molecule has 1 N–H and O–H groups in total. The van der Waals surface area contributed by atoms with Crippen molar-refractivity contribution in [3.63, 3.8) is 0 Å². The number of aromatic nitrogens is 1. The lowest BCUT2D eigenvalue weighted by Crippen LogP contribution is -2.37. The van der Waals surface area contributed by atoms with Gasteiger partial charge in [0.1, 0.15) is 17.3 Å². The second-order valence-electron chi connectivity index (χ2n) is 5.71. The standard InChI is InChI=1S/C18H17FN4O3/c1-23-17(24)8-6-15(22-23)18(25)21-11-12-5-7-16(20-10-12)26-14-4-2-3-13(19)9-14/h2-5,7,9-10H,6,8,11H2,1H3,(H,21,25). The fraction of sp³-hybridized carbons (Fsp3) is 0.222. The summed E-state index contributed by atoms with van der Waals surface area (Å²) in [6.45, 7) is 0.267. The van der Waals surface area contributed by atoms with Crippen LogP contribution in [-0.4, -0.2) is 34.6 Å². The highest BCUT2D eigenvalue weighted by molar-refractivity contribution is 6.39. The molecule has 3 rings (SSSR count). The van der Waals surface area contributed by atoms with Crippen molar-refractivity contribution in [2.24, 2.45) is 5.10 Å². The molecule has 1 aliphatic heterocycles. The minimum atomic E-state index is -0.389. The molecule has 7 nitrogen and oxygen atoms in total. The van der Waals surface area contributed by atoms with Gasteiger partial charge in [0.15, 0.2) is 0 Å². The number of hydrazone groups is 1. The summed E-state index contributed by atoms with van der Waals surface area (Å²) in [4.78, 5) is 27.6. The molecule has 0 atom stereocenters. The van der Waals surface area contributed by atoms with Gasteiger partial charge in [0.05, 0.1) is 0 Å². The molecule has 0 aliphatic carbocycles. The Kier molecular flexibility index (Phi) is 5.21. The molecular formula is C18H17FN4O3. The molecule has 8 heteroatoms. The number of pyridine rings is 1. The van der Waals surface area contributed by atoms with Crippen LogP contribution in [0.25, 0.3) is 0 Å². The van der Waals surface area contributed by atoms with E-state index in [0.717, 1.165) is 5.56 Å². The SMILES string of the molecule is CN1N=C(C(=O)NCc2ccc(Oc3cccc(F)c3)nc2)CCC1=O. The Balaban J connectivity index is 1.55. The number of rotatable bonds is 5. The topological polar surface area (TPSA) is 83.9 Å². The van der Waals surface area contributed by atoms with Crippen LogP contribution < -0.4 is 10.1 Å². The molecule has 0 unspecified atom stereocenters. The van der Waals surface area contributed by atoms with Gasteiger partial charge in [0.25, 0.3) is 5.91 Å². The molecule has 0 fully saturated rings. The molecule has 26 heavy (non-hydrogen) atoms. The lowest BCUT2D eigenvalue weighted by Gasteiger charge is -2.18. The maximum absolute atomic E-state index is 13.1. The van der Waals surface area contributed by atoms with Crippen molar-refractivity contribution in [3.05, 3.63) is 54.0 Å². The van der Waals surface area contributed by atoms with E-state index < -0.39 is 0 Å². The molecule has 0 spiro atoms. The minimum absolute atomic E-state index is 0.111. The number of halogens is 1. The van der Waals surface area contributed by atoms with E-state index in [9.17, 15) is 14.0 Å². The Morgan fingerprint density at radius 2 is 2.15 bits per heavy atom. The Morgan fingerprint density at radius 1 is 1.31 bits per heavy atom. The molecule has 2 heterocycles. The fourth-order valence-corrected chi connectivity index (χ4v) is 2.34. The first-order valence-electron chi connectivity index (χ1n) is 8.02. The van der Waals surface area contributed by atoms with Crippen molar-refractivity contribution in [2.45, 2.75) is 19.4 Å². The largest absolute Gasteiger partial charge is 0.439 e. The predicted octanol–water partition coefficient (Wildman–Crippen LogP) is 2.24. The van der Waals surface area contributed by atoms with Crippen LogP contribution >= 0.6 is 0 Å². The monoisotopic (exact) mass is 356 g/mol. The van der Waals surface area contributed by atoms with Gasteiger partial charge in [-0.05, 0) is 17.7 Å². The van der Waals surface area contributed by atoms with Crippen molar-refractivity contribution in [1.82, 2.24) is 15.3 Å². The fourth-order valence-electron chi connectivity index (χ4n) is 2.34. The molecule has 0 radical (unpaired) electrons. The van der Waals surface area contributed by atoms with Gasteiger partial charge in [-0.1, -0.05) is 12.1 Å². The third-order valence-electron chi connectivity index (χ3n) is 3.74. The van der Waals surface area contributed by atoms with Crippen molar-refractivity contribution in [3.8, 4) is 11.6 Å². The van der Waals surface area contributed by atoms with Crippen LogP contribution in [0.1, 0.15) is 18.4 Å². The average molecular weight is 356 g/mol. The molecule has 1 aliphatic rings. The van der Waals surface area contributed by atoms with Gasteiger partial charge in [-0.15, -0.1) is 0 Å². The molecule has 2 aromatic rings. The average Bonchev–Trinajstić information content (AvgIpc) is 2.63. The van der Waals surface area contributed by atoms with E-state index >= 15 is 0 Å². The maximum atomic E-state index is 13.1. The van der Waals surface area contributed by atoms with Crippen molar-refractivity contribution in [1.29, 1.82) is 0 Å². The second-order valence-corrected chi connectivity index (χ2v) is 5.71. The predicted molar refractivity (Wildman–Crippen MR) is 92.0 cm³/mol. The first-order valence-corrected chi connectivity index (χ1v) is 8.02. The van der Waals surface area contributed by atoms with E-state index in [2.05, 4.69) is 15.4 Å². The lowest BCUT2D eigenvalue weighted by molar-refractivity contribution is -0.130. The number of nitrogens with zero attached hydrogens (tertiary/aromatic N) is 3. The Bertz CT molecular complexity index is 852. The first-order chi connectivity index (χ1) is 12.5. The van der Waals surface area contributed by atoms with Gasteiger partial charge in [0.2, 0.25) is 11.8 Å². The zero-order valence-electron chi connectivity index (χ0n) is 14.1. The summed E-state index contributed by atoms with van der Waals surface area (Å²) in [5.74, 6) is -0.140. The van der Waals surface area contributed by atoms with Gasteiger partial charge >= 0.3 is 0 Å². The van der Waals surface area contributed by atoms with E-state index in [-0.39, 0.29) is 30.6 Å². The van der Waals surface area contributed by atoms with Gasteiger partial charge in [0, 0.05) is 44.8 Å². The maximum Gasteiger partial charge on any atom is 0.267 e. The lowest BCUT2D eigenvalue weighted by atomic mass is 10.1. The summed E-state index contributed by atoms with van der Waals surface area (Å²) in [7, 11) is 1.52. The van der Waals surface area contributed by atoms with Crippen LogP contribution in [0.2, 0.25) is 0 Å². The van der Waals surface area contributed by atoms with Crippen LogP contribution in [0, 0.1) is 5.82 Å². The van der Waals surface area contributed by atoms with E-state index in [0.29, 0.717) is 23.8 Å². The summed E-state index contributed by atoms with van der Waals surface area (Å²) in [6.07, 6.45) is 2.16. The highest BCUT2D eigenvalue weighted by atomic mass is 19.1. The summed E-state index contributed by atoms with van der Waals surface area (Å²) in [5.41, 5.74) is 1.09. The second kappa shape index (κ2) is 7.73. The summed E-state index contributed by atoms with van der Waals surface area (Å²) in [6, 6.07) is 9.16. The Morgan fingerprint density at radius 3 is 2.85 bits per heavy atom. The van der Waals surface area contributed by atoms with Crippen LogP contribution in [-0.2, 0) is 16.1 Å². The van der Waals surface area contributed by atoms with Crippen LogP contribution in [0.15, 0.2) is 47.7 Å². The van der Waals surface area contributed by atoms with Crippen LogP contribution in [0.3, 0.4) is 0 Å².